The van der Waals surface area contributed by atoms with Gasteiger partial charge in [-0.25, -0.2) is 13.2 Å². The van der Waals surface area contributed by atoms with Crippen molar-refractivity contribution in [1.29, 1.82) is 5.26 Å². The molecule has 2 aromatic rings. The number of nitrogens with one attached hydrogen (secondary N) is 3. The van der Waals surface area contributed by atoms with Gasteiger partial charge in [0.2, 0.25) is 5.91 Å². The van der Waals surface area contributed by atoms with Gasteiger partial charge in [-0.1, -0.05) is 31.4 Å². The molecule has 0 aliphatic heterocycles. The summed E-state index contributed by atoms with van der Waals surface area (Å²) in [6.45, 7) is 1.88. The largest absolute Gasteiger partial charge is 0.506 e. The van der Waals surface area contributed by atoms with Gasteiger partial charge >= 0.3 is 6.03 Å². The SMILES string of the molecule is CCCCC(C(=O)Nc1cc(O)c(NC(=O)Nc2ccc(C#N)cc2)cc1Cl)S(C)(=O)=O. The standard InChI is InChI=1S/C21H23ClN4O5S/c1-3-4-5-19(32(2,30)31)20(28)25-16-11-18(27)17(10-15(16)22)26-21(29)24-14-8-6-13(12-23)7-9-14/h6-11,19,27H,3-5H2,1-2H3,(H,25,28)(H2,24,26,29). The second kappa shape index (κ2) is 10.8. The molecule has 0 spiro atoms. The minimum absolute atomic E-state index is 0.00688. The number of anilines is 3. The Bertz CT molecular complexity index is 1140. The number of hydrogen-bond donors (Lipinski definition) is 4. The smallest absolute Gasteiger partial charge is 0.323 e. The number of nitriles is 1. The number of rotatable bonds is 8. The number of unbranched alkanes of at least 4 members (excludes halogenated alkanes) is 1. The average molecular weight is 479 g/mol. The number of urea groups is 1. The lowest BCUT2D eigenvalue weighted by molar-refractivity contribution is -0.115. The summed E-state index contributed by atoms with van der Waals surface area (Å²) in [5.41, 5.74) is 0.850. The van der Waals surface area contributed by atoms with E-state index in [1.54, 1.807) is 12.1 Å². The zero-order chi connectivity index (χ0) is 23.9. The first-order chi connectivity index (χ1) is 15.0. The van der Waals surface area contributed by atoms with Crippen LogP contribution >= 0.6 is 11.6 Å². The fourth-order valence-corrected chi connectivity index (χ4v) is 4.07. The first kappa shape index (κ1) is 25.0. The maximum absolute atomic E-state index is 12.5. The quantitative estimate of drug-likeness (QED) is 0.419. The molecule has 0 aromatic heterocycles. The summed E-state index contributed by atoms with van der Waals surface area (Å²) in [4.78, 5) is 24.7. The minimum Gasteiger partial charge on any atom is -0.506 e. The summed E-state index contributed by atoms with van der Waals surface area (Å²) in [5, 5.41) is 25.2. The van der Waals surface area contributed by atoms with Gasteiger partial charge in [0, 0.05) is 18.0 Å². The van der Waals surface area contributed by atoms with Gasteiger partial charge in [-0.2, -0.15) is 5.26 Å². The molecule has 32 heavy (non-hydrogen) atoms. The number of carbonyl (C=O) groups excluding carboxylic acids is 2. The van der Waals surface area contributed by atoms with Crippen LogP contribution in [0.5, 0.6) is 5.75 Å². The van der Waals surface area contributed by atoms with Crippen LogP contribution in [0.1, 0.15) is 31.7 Å². The molecule has 0 aliphatic carbocycles. The molecule has 4 N–H and O–H groups in total. The molecular weight excluding hydrogens is 456 g/mol. The van der Waals surface area contributed by atoms with Crippen LogP contribution in [0.4, 0.5) is 21.9 Å². The summed E-state index contributed by atoms with van der Waals surface area (Å²) < 4.78 is 23.9. The van der Waals surface area contributed by atoms with Gasteiger partial charge in [0.05, 0.1) is 28.0 Å². The van der Waals surface area contributed by atoms with Gasteiger partial charge in [0.25, 0.3) is 0 Å². The molecule has 0 radical (unpaired) electrons. The lowest BCUT2D eigenvalue weighted by Crippen LogP contribution is -2.34. The fourth-order valence-electron chi connectivity index (χ4n) is 2.81. The first-order valence-corrected chi connectivity index (χ1v) is 12.0. The third kappa shape index (κ3) is 6.87. The molecule has 11 heteroatoms. The molecular formula is C21H23ClN4O5S. The predicted octanol–water partition coefficient (Wildman–Crippen LogP) is 4.10. The third-order valence-electron chi connectivity index (χ3n) is 4.49. The molecule has 9 nitrogen and oxygen atoms in total. The van der Waals surface area contributed by atoms with Gasteiger partial charge in [0.1, 0.15) is 11.0 Å². The molecule has 1 atom stereocenters. The highest BCUT2D eigenvalue weighted by molar-refractivity contribution is 7.92. The Hall–Kier alpha value is -3.29. The van der Waals surface area contributed by atoms with Gasteiger partial charge in [0.15, 0.2) is 9.84 Å². The predicted molar refractivity (Wildman–Crippen MR) is 124 cm³/mol. The van der Waals surface area contributed by atoms with Crippen molar-refractivity contribution in [2.24, 2.45) is 0 Å². The highest BCUT2D eigenvalue weighted by Crippen LogP contribution is 2.34. The molecule has 0 aliphatic rings. The number of hydrogen-bond acceptors (Lipinski definition) is 6. The highest BCUT2D eigenvalue weighted by Gasteiger charge is 2.29. The number of benzene rings is 2. The zero-order valence-electron chi connectivity index (χ0n) is 17.5. The van der Waals surface area contributed by atoms with Gasteiger partial charge < -0.3 is 21.1 Å². The number of sulfone groups is 1. The minimum atomic E-state index is -3.64. The number of phenolic OH excluding ortho intramolecular Hbond substituents is 1. The van der Waals surface area contributed by atoms with Crippen molar-refractivity contribution in [3.8, 4) is 11.8 Å². The van der Waals surface area contributed by atoms with Crippen molar-refractivity contribution < 1.29 is 23.1 Å². The normalized spacial score (nSPS) is 11.8. The maximum Gasteiger partial charge on any atom is 0.323 e. The Labute approximate surface area is 191 Å². The lowest BCUT2D eigenvalue weighted by Gasteiger charge is -2.17. The van der Waals surface area contributed by atoms with Crippen molar-refractivity contribution >= 4 is 50.4 Å². The van der Waals surface area contributed by atoms with Gasteiger partial charge in [-0.05, 0) is 36.8 Å². The number of carbonyl (C=O) groups is 2. The highest BCUT2D eigenvalue weighted by atomic mass is 35.5. The summed E-state index contributed by atoms with van der Waals surface area (Å²) >= 11 is 6.17. The van der Waals surface area contributed by atoms with Crippen LogP contribution in [0, 0.1) is 11.3 Å². The van der Waals surface area contributed by atoms with Crippen LogP contribution in [-0.2, 0) is 14.6 Å². The van der Waals surface area contributed by atoms with Crippen molar-refractivity contribution in [3.63, 3.8) is 0 Å². The van der Waals surface area contributed by atoms with Crippen molar-refractivity contribution in [1.82, 2.24) is 0 Å². The number of aromatic hydroxyl groups is 1. The van der Waals surface area contributed by atoms with E-state index in [0.717, 1.165) is 18.7 Å². The van der Waals surface area contributed by atoms with E-state index in [2.05, 4.69) is 16.0 Å². The molecule has 1 unspecified atom stereocenters. The van der Waals surface area contributed by atoms with Crippen LogP contribution in [0.25, 0.3) is 0 Å². The van der Waals surface area contributed by atoms with Crippen LogP contribution in [-0.4, -0.2) is 37.0 Å². The molecule has 0 saturated carbocycles. The Morgan fingerprint density at radius 2 is 1.78 bits per heavy atom. The van der Waals surface area contributed by atoms with E-state index in [-0.39, 0.29) is 28.6 Å². The van der Waals surface area contributed by atoms with Gasteiger partial charge in [-0.3, -0.25) is 4.79 Å². The fraction of sp³-hybridized carbons (Fsp3) is 0.286. The Morgan fingerprint density at radius 1 is 1.12 bits per heavy atom. The van der Waals surface area contributed by atoms with Crippen LogP contribution in [0.15, 0.2) is 36.4 Å². The van der Waals surface area contributed by atoms with Crippen molar-refractivity contribution in [3.05, 3.63) is 47.0 Å². The number of phenols is 1. The van der Waals surface area contributed by atoms with E-state index in [1.807, 2.05) is 13.0 Å². The second-order valence-corrected chi connectivity index (χ2v) is 9.70. The summed E-state index contributed by atoms with van der Waals surface area (Å²) in [7, 11) is -3.64. The van der Waals surface area contributed by atoms with E-state index in [0.29, 0.717) is 17.7 Å². The molecule has 3 amide bonds. The molecule has 2 rings (SSSR count). The Kier molecular flexibility index (Phi) is 8.46. The molecule has 0 heterocycles. The molecule has 2 aromatic carbocycles. The average Bonchev–Trinajstić information content (AvgIpc) is 2.71. The lowest BCUT2D eigenvalue weighted by atomic mass is 10.2. The van der Waals surface area contributed by atoms with E-state index in [9.17, 15) is 23.1 Å². The topological polar surface area (TPSA) is 148 Å². The van der Waals surface area contributed by atoms with E-state index in [1.165, 1.54) is 18.2 Å². The number of halogens is 1. The number of nitrogens with zero attached hydrogens (tertiary/aromatic N) is 1. The summed E-state index contributed by atoms with van der Waals surface area (Å²) in [6, 6.07) is 9.79. The van der Waals surface area contributed by atoms with Crippen molar-refractivity contribution in [2.75, 3.05) is 22.2 Å². The zero-order valence-corrected chi connectivity index (χ0v) is 19.0. The van der Waals surface area contributed by atoms with E-state index >= 15 is 0 Å². The summed E-state index contributed by atoms with van der Waals surface area (Å²) in [6.07, 6.45) is 2.44. The van der Waals surface area contributed by atoms with Crippen molar-refractivity contribution in [2.45, 2.75) is 31.4 Å². The molecule has 0 bridgehead atoms. The molecule has 170 valence electrons. The van der Waals surface area contributed by atoms with Crippen LogP contribution in [0.3, 0.4) is 0 Å². The second-order valence-electron chi connectivity index (χ2n) is 7.07. The Balaban J connectivity index is 2.12. The number of amides is 3. The molecule has 0 saturated heterocycles. The maximum atomic E-state index is 12.5. The van der Waals surface area contributed by atoms with Crippen LogP contribution in [0.2, 0.25) is 5.02 Å². The first-order valence-electron chi connectivity index (χ1n) is 9.65. The van der Waals surface area contributed by atoms with Crippen LogP contribution < -0.4 is 16.0 Å². The third-order valence-corrected chi connectivity index (χ3v) is 6.29. The van der Waals surface area contributed by atoms with E-state index in [4.69, 9.17) is 16.9 Å². The summed E-state index contributed by atoms with van der Waals surface area (Å²) in [5.74, 6) is -1.13. The van der Waals surface area contributed by atoms with E-state index < -0.39 is 27.0 Å². The Morgan fingerprint density at radius 3 is 2.34 bits per heavy atom. The van der Waals surface area contributed by atoms with Gasteiger partial charge in [-0.15, -0.1) is 0 Å². The molecule has 0 fully saturated rings. The monoisotopic (exact) mass is 478 g/mol.